The van der Waals surface area contributed by atoms with Crippen molar-refractivity contribution in [2.75, 3.05) is 20.5 Å². The van der Waals surface area contributed by atoms with Gasteiger partial charge >= 0.3 is 0 Å². The van der Waals surface area contributed by atoms with Gasteiger partial charge in [0.25, 0.3) is 0 Å². The topological polar surface area (TPSA) is 27.7 Å². The minimum Gasteiger partial charge on any atom is -0.493 e. The molecule has 0 aliphatic heterocycles. The van der Waals surface area contributed by atoms with Crippen LogP contribution in [0.1, 0.15) is 18.4 Å². The van der Waals surface area contributed by atoms with Gasteiger partial charge < -0.3 is 14.2 Å². The second-order valence-electron chi connectivity index (χ2n) is 4.31. The summed E-state index contributed by atoms with van der Waals surface area (Å²) in [6, 6.07) is 3.47. The summed E-state index contributed by atoms with van der Waals surface area (Å²) in [6.07, 6.45) is 2.52. The molecule has 1 aliphatic rings. The van der Waals surface area contributed by atoms with E-state index in [1.807, 2.05) is 0 Å². The third-order valence-electron chi connectivity index (χ3n) is 2.80. The zero-order valence-electron chi connectivity index (χ0n) is 10.2. The van der Waals surface area contributed by atoms with Crippen molar-refractivity contribution >= 4 is 23.2 Å². The maximum Gasteiger partial charge on any atom is 0.189 e. The van der Waals surface area contributed by atoms with Gasteiger partial charge in [-0.15, -0.1) is 11.6 Å². The highest BCUT2D eigenvalue weighted by atomic mass is 35.5. The van der Waals surface area contributed by atoms with Crippen molar-refractivity contribution < 1.29 is 14.2 Å². The molecule has 0 spiro atoms. The van der Waals surface area contributed by atoms with E-state index in [9.17, 15) is 0 Å². The van der Waals surface area contributed by atoms with Gasteiger partial charge in [0.2, 0.25) is 0 Å². The van der Waals surface area contributed by atoms with Crippen molar-refractivity contribution in [2.24, 2.45) is 5.92 Å². The Bertz CT molecular complexity index is 380. The minimum absolute atomic E-state index is 0.207. The smallest absolute Gasteiger partial charge is 0.189 e. The van der Waals surface area contributed by atoms with Crippen LogP contribution >= 0.6 is 23.2 Å². The van der Waals surface area contributed by atoms with Crippen molar-refractivity contribution in [3.8, 4) is 11.5 Å². The summed E-state index contributed by atoms with van der Waals surface area (Å²) in [5.41, 5.74) is 0.802. The first-order chi connectivity index (χ1) is 8.74. The number of hydrogen-bond donors (Lipinski definition) is 0. The molecule has 18 heavy (non-hydrogen) atoms. The molecule has 1 saturated carbocycles. The van der Waals surface area contributed by atoms with Crippen LogP contribution in [0.4, 0.5) is 0 Å². The van der Waals surface area contributed by atoms with Crippen LogP contribution < -0.4 is 9.47 Å². The third kappa shape index (κ3) is 3.67. The first kappa shape index (κ1) is 13.8. The van der Waals surface area contributed by atoms with Gasteiger partial charge in [0.15, 0.2) is 18.3 Å². The van der Waals surface area contributed by atoms with Crippen LogP contribution in [-0.4, -0.2) is 20.5 Å². The fourth-order valence-corrected chi connectivity index (χ4v) is 2.07. The molecule has 5 heteroatoms. The van der Waals surface area contributed by atoms with E-state index in [0.29, 0.717) is 28.3 Å². The molecular weight excluding hydrogens is 275 g/mol. The van der Waals surface area contributed by atoms with Crippen molar-refractivity contribution in [1.82, 2.24) is 0 Å². The lowest BCUT2D eigenvalue weighted by molar-refractivity contribution is 0.00824. The van der Waals surface area contributed by atoms with Gasteiger partial charge in [-0.3, -0.25) is 0 Å². The number of hydrogen-bond acceptors (Lipinski definition) is 3. The predicted molar refractivity (Wildman–Crippen MR) is 71.7 cm³/mol. The molecule has 0 bridgehead atoms. The van der Waals surface area contributed by atoms with Crippen LogP contribution in [0, 0.1) is 5.92 Å². The zero-order chi connectivity index (χ0) is 13.0. The maximum absolute atomic E-state index is 5.97. The standard InChI is InChI=1S/C13H16Cl2O3/c1-16-12-5-11(15)4-10(6-14)13(12)18-8-17-7-9-2-3-9/h4-5,9H,2-3,6-8H2,1H3. The summed E-state index contributed by atoms with van der Waals surface area (Å²) in [5, 5.41) is 0.578. The van der Waals surface area contributed by atoms with E-state index in [-0.39, 0.29) is 6.79 Å². The number of rotatable bonds is 7. The lowest BCUT2D eigenvalue weighted by Gasteiger charge is -2.14. The molecule has 0 heterocycles. The maximum atomic E-state index is 5.97. The fourth-order valence-electron chi connectivity index (χ4n) is 1.64. The van der Waals surface area contributed by atoms with Crippen molar-refractivity contribution in [2.45, 2.75) is 18.7 Å². The SMILES string of the molecule is COc1cc(Cl)cc(CCl)c1OCOCC1CC1. The summed E-state index contributed by atoms with van der Waals surface area (Å²) < 4.78 is 16.3. The fraction of sp³-hybridized carbons (Fsp3) is 0.538. The number of ether oxygens (including phenoxy) is 3. The van der Waals surface area contributed by atoms with E-state index < -0.39 is 0 Å². The van der Waals surface area contributed by atoms with Crippen LogP contribution in [0.2, 0.25) is 5.02 Å². The van der Waals surface area contributed by atoms with Crippen LogP contribution in [0.3, 0.4) is 0 Å². The number of methoxy groups -OCH3 is 1. The molecule has 0 unspecified atom stereocenters. The van der Waals surface area contributed by atoms with Crippen molar-refractivity contribution in [3.63, 3.8) is 0 Å². The number of halogens is 2. The Hall–Kier alpha value is -0.640. The lowest BCUT2D eigenvalue weighted by Crippen LogP contribution is -2.07. The summed E-state index contributed by atoms with van der Waals surface area (Å²) in [5.74, 6) is 2.21. The molecule has 0 saturated heterocycles. The van der Waals surface area contributed by atoms with Crippen LogP contribution in [-0.2, 0) is 10.6 Å². The van der Waals surface area contributed by atoms with Gasteiger partial charge in [0.1, 0.15) is 0 Å². The number of benzene rings is 1. The Morgan fingerprint density at radius 1 is 1.33 bits per heavy atom. The Balaban J connectivity index is 1.98. The first-order valence-corrected chi connectivity index (χ1v) is 6.78. The second-order valence-corrected chi connectivity index (χ2v) is 5.01. The van der Waals surface area contributed by atoms with Gasteiger partial charge in [0.05, 0.1) is 19.6 Å². The van der Waals surface area contributed by atoms with Gasteiger partial charge in [-0.05, 0) is 24.8 Å². The van der Waals surface area contributed by atoms with E-state index in [0.717, 1.165) is 12.2 Å². The average molecular weight is 291 g/mol. The normalized spacial score (nSPS) is 14.6. The van der Waals surface area contributed by atoms with E-state index in [4.69, 9.17) is 37.4 Å². The Morgan fingerprint density at radius 3 is 2.72 bits per heavy atom. The molecule has 1 aromatic rings. The van der Waals surface area contributed by atoms with Gasteiger partial charge in [0, 0.05) is 16.7 Å². The molecular formula is C13H16Cl2O3. The van der Waals surface area contributed by atoms with Gasteiger partial charge in [-0.1, -0.05) is 11.6 Å². The molecule has 0 amide bonds. The summed E-state index contributed by atoms with van der Waals surface area (Å²) in [6.45, 7) is 0.963. The zero-order valence-corrected chi connectivity index (χ0v) is 11.8. The third-order valence-corrected chi connectivity index (χ3v) is 3.30. The van der Waals surface area contributed by atoms with Gasteiger partial charge in [-0.2, -0.15) is 0 Å². The summed E-state index contributed by atoms with van der Waals surface area (Å²) in [4.78, 5) is 0. The Kier molecular flexibility index (Phi) is 4.98. The van der Waals surface area contributed by atoms with E-state index in [1.54, 1.807) is 19.2 Å². The van der Waals surface area contributed by atoms with E-state index in [2.05, 4.69) is 0 Å². The Morgan fingerprint density at radius 2 is 2.11 bits per heavy atom. The van der Waals surface area contributed by atoms with Crippen LogP contribution in [0.15, 0.2) is 12.1 Å². The summed E-state index contributed by atoms with van der Waals surface area (Å²) >= 11 is 11.8. The predicted octanol–water partition coefficient (Wildman–Crippen LogP) is 3.85. The van der Waals surface area contributed by atoms with Crippen molar-refractivity contribution in [1.29, 1.82) is 0 Å². The lowest BCUT2D eigenvalue weighted by atomic mass is 10.2. The molecule has 0 aromatic heterocycles. The van der Waals surface area contributed by atoms with E-state index >= 15 is 0 Å². The highest BCUT2D eigenvalue weighted by Gasteiger charge is 2.21. The summed E-state index contributed by atoms with van der Waals surface area (Å²) in [7, 11) is 1.57. The van der Waals surface area contributed by atoms with Crippen LogP contribution in [0.5, 0.6) is 11.5 Å². The first-order valence-electron chi connectivity index (χ1n) is 5.87. The minimum atomic E-state index is 0.207. The highest BCUT2D eigenvalue weighted by molar-refractivity contribution is 6.31. The Labute approximate surface area is 117 Å². The van der Waals surface area contributed by atoms with E-state index in [1.165, 1.54) is 12.8 Å². The molecule has 1 fully saturated rings. The quantitative estimate of drug-likeness (QED) is 0.434. The average Bonchev–Trinajstić information content (AvgIpc) is 3.19. The molecule has 2 rings (SSSR count). The molecule has 0 radical (unpaired) electrons. The molecule has 1 aromatic carbocycles. The van der Waals surface area contributed by atoms with Crippen molar-refractivity contribution in [3.05, 3.63) is 22.7 Å². The second kappa shape index (κ2) is 6.50. The molecule has 0 atom stereocenters. The monoisotopic (exact) mass is 290 g/mol. The molecule has 1 aliphatic carbocycles. The molecule has 0 N–H and O–H groups in total. The highest BCUT2D eigenvalue weighted by Crippen LogP contribution is 2.35. The molecule has 100 valence electrons. The number of alkyl halides is 1. The largest absolute Gasteiger partial charge is 0.493 e. The van der Waals surface area contributed by atoms with Crippen LogP contribution in [0.25, 0.3) is 0 Å². The van der Waals surface area contributed by atoms with Gasteiger partial charge in [-0.25, -0.2) is 0 Å². The molecule has 3 nitrogen and oxygen atoms in total.